The van der Waals surface area contributed by atoms with Gasteiger partial charge in [0.1, 0.15) is 0 Å². The van der Waals surface area contributed by atoms with Crippen LogP contribution in [0.4, 0.5) is 0 Å². The first-order valence-corrected chi connectivity index (χ1v) is 8.94. The molecule has 0 aliphatic carbocycles. The average molecular weight is 410 g/mol. The number of likely N-dealkylation sites (tertiary alicyclic amines) is 1. The molecule has 0 aromatic carbocycles. The van der Waals surface area contributed by atoms with Crippen LogP contribution in [0.1, 0.15) is 35.9 Å². The number of halogens is 2. The molecule has 1 saturated heterocycles. The summed E-state index contributed by atoms with van der Waals surface area (Å²) in [5.41, 5.74) is 0. The molecule has 1 atom stereocenters. The number of carbonyl (C=O) groups is 1. The summed E-state index contributed by atoms with van der Waals surface area (Å²) in [5.74, 6) is 0.0147. The number of piperidine rings is 1. The van der Waals surface area contributed by atoms with Crippen molar-refractivity contribution in [2.75, 3.05) is 19.6 Å². The summed E-state index contributed by atoms with van der Waals surface area (Å²) in [6.07, 6.45) is 3.91. The maximum Gasteiger partial charge on any atom is 0.261 e. The maximum absolute atomic E-state index is 12.1. The van der Waals surface area contributed by atoms with Gasteiger partial charge in [-0.15, -0.1) is 11.3 Å². The van der Waals surface area contributed by atoms with Gasteiger partial charge in [0.05, 0.1) is 8.66 Å². The monoisotopic (exact) mass is 408 g/mol. The van der Waals surface area contributed by atoms with Crippen LogP contribution in [0.2, 0.25) is 0 Å². The second-order valence-corrected chi connectivity index (χ2v) is 8.19. The number of nitrogens with zero attached hydrogens (tertiary/aromatic N) is 1. The molecule has 1 aliphatic heterocycles. The minimum Gasteiger partial charge on any atom is -0.348 e. The van der Waals surface area contributed by atoms with Gasteiger partial charge in [0.2, 0.25) is 0 Å². The van der Waals surface area contributed by atoms with Crippen LogP contribution in [0.15, 0.2) is 14.3 Å². The molecule has 1 amide bonds. The number of hydrogen-bond donors (Lipinski definition) is 1. The molecule has 1 aromatic heterocycles. The molecule has 1 aromatic rings. The fourth-order valence-corrected chi connectivity index (χ4v) is 4.27. The second-order valence-electron chi connectivity index (χ2n) is 4.97. The normalized spacial score (nSPS) is 18.3. The lowest BCUT2D eigenvalue weighted by Crippen LogP contribution is -2.43. The lowest BCUT2D eigenvalue weighted by molar-refractivity contribution is 0.0929. The molecule has 2 rings (SSSR count). The Bertz CT molecular complexity index is 424. The molecule has 106 valence electrons. The third-order valence-electron chi connectivity index (χ3n) is 3.23. The number of carbonyl (C=O) groups excluding carboxylic acids is 1. The predicted octanol–water partition coefficient (Wildman–Crippen LogP) is 3.88. The highest BCUT2D eigenvalue weighted by Crippen LogP contribution is 2.32. The van der Waals surface area contributed by atoms with Gasteiger partial charge in [0, 0.05) is 17.1 Å². The van der Waals surface area contributed by atoms with Crippen LogP contribution >= 0.6 is 43.2 Å². The molecule has 0 radical (unpaired) electrons. The van der Waals surface area contributed by atoms with E-state index in [1.807, 2.05) is 6.07 Å². The molecule has 3 nitrogen and oxygen atoms in total. The lowest BCUT2D eigenvalue weighted by atomic mass is 10.1. The van der Waals surface area contributed by atoms with E-state index in [0.29, 0.717) is 0 Å². The van der Waals surface area contributed by atoms with Crippen molar-refractivity contribution in [3.05, 3.63) is 19.2 Å². The van der Waals surface area contributed by atoms with Gasteiger partial charge in [0.15, 0.2) is 0 Å². The Morgan fingerprint density at radius 3 is 2.68 bits per heavy atom. The minimum atomic E-state index is 0.0147. The minimum absolute atomic E-state index is 0.0147. The van der Waals surface area contributed by atoms with Crippen molar-refractivity contribution in [1.82, 2.24) is 10.2 Å². The van der Waals surface area contributed by atoms with Gasteiger partial charge >= 0.3 is 0 Å². The Hall–Kier alpha value is 0.0900. The summed E-state index contributed by atoms with van der Waals surface area (Å²) < 4.78 is 1.90. The quantitative estimate of drug-likeness (QED) is 0.818. The SMILES string of the molecule is CC(CN1CCCCC1)NC(=O)c1cc(Br)c(Br)s1. The number of nitrogens with one attached hydrogen (secondary N) is 1. The van der Waals surface area contributed by atoms with Crippen LogP contribution in [0.5, 0.6) is 0 Å². The largest absolute Gasteiger partial charge is 0.348 e. The van der Waals surface area contributed by atoms with Gasteiger partial charge in [-0.1, -0.05) is 6.42 Å². The Morgan fingerprint density at radius 1 is 1.42 bits per heavy atom. The Morgan fingerprint density at radius 2 is 2.11 bits per heavy atom. The van der Waals surface area contributed by atoms with Crippen molar-refractivity contribution in [3.63, 3.8) is 0 Å². The fraction of sp³-hybridized carbons (Fsp3) is 0.615. The molecule has 1 unspecified atom stereocenters. The first-order chi connectivity index (χ1) is 9.06. The zero-order valence-electron chi connectivity index (χ0n) is 10.9. The fourth-order valence-electron chi connectivity index (χ4n) is 2.33. The van der Waals surface area contributed by atoms with Crippen LogP contribution in [0, 0.1) is 0 Å². The smallest absolute Gasteiger partial charge is 0.261 e. The van der Waals surface area contributed by atoms with E-state index in [4.69, 9.17) is 0 Å². The molecule has 19 heavy (non-hydrogen) atoms. The molecular weight excluding hydrogens is 392 g/mol. The molecular formula is C13H18Br2N2OS. The topological polar surface area (TPSA) is 32.3 Å². The maximum atomic E-state index is 12.1. The number of thiophene rings is 1. The van der Waals surface area contributed by atoms with Gasteiger partial charge in [-0.25, -0.2) is 0 Å². The molecule has 0 spiro atoms. The third kappa shape index (κ3) is 4.55. The molecule has 0 saturated carbocycles. The Kier molecular flexibility index (Phi) is 5.87. The number of amides is 1. The first-order valence-electron chi connectivity index (χ1n) is 6.54. The van der Waals surface area contributed by atoms with E-state index >= 15 is 0 Å². The summed E-state index contributed by atoms with van der Waals surface area (Å²) in [5, 5.41) is 3.07. The van der Waals surface area contributed by atoms with E-state index in [1.54, 1.807) is 0 Å². The predicted molar refractivity (Wildman–Crippen MR) is 86.9 cm³/mol. The zero-order chi connectivity index (χ0) is 13.8. The van der Waals surface area contributed by atoms with Crippen LogP contribution < -0.4 is 5.32 Å². The highest BCUT2D eigenvalue weighted by atomic mass is 79.9. The van der Waals surface area contributed by atoms with Crippen LogP contribution in [-0.2, 0) is 0 Å². The molecule has 1 aliphatic rings. The average Bonchev–Trinajstić information content (AvgIpc) is 2.71. The van der Waals surface area contributed by atoms with Crippen LogP contribution in [0.3, 0.4) is 0 Å². The summed E-state index contributed by atoms with van der Waals surface area (Å²) in [6, 6.07) is 2.04. The highest BCUT2D eigenvalue weighted by Gasteiger charge is 2.17. The molecule has 1 fully saturated rings. The summed E-state index contributed by atoms with van der Waals surface area (Å²) in [6.45, 7) is 5.34. The Balaban J connectivity index is 1.84. The van der Waals surface area contributed by atoms with Gasteiger partial charge in [-0.3, -0.25) is 4.79 Å². The lowest BCUT2D eigenvalue weighted by Gasteiger charge is -2.29. The third-order valence-corrected chi connectivity index (χ3v) is 6.48. The van der Waals surface area contributed by atoms with Crippen molar-refractivity contribution in [2.45, 2.75) is 32.2 Å². The van der Waals surface area contributed by atoms with Crippen molar-refractivity contribution in [1.29, 1.82) is 0 Å². The summed E-state index contributed by atoms with van der Waals surface area (Å²) in [7, 11) is 0. The second kappa shape index (κ2) is 7.20. The first kappa shape index (κ1) is 15.5. The highest BCUT2D eigenvalue weighted by molar-refractivity contribution is 9.13. The molecule has 0 bridgehead atoms. The van der Waals surface area contributed by atoms with Crippen LogP contribution in [-0.4, -0.2) is 36.5 Å². The summed E-state index contributed by atoms with van der Waals surface area (Å²) >= 11 is 8.27. The van der Waals surface area contributed by atoms with E-state index in [0.717, 1.165) is 32.8 Å². The van der Waals surface area contributed by atoms with E-state index in [9.17, 15) is 4.79 Å². The van der Waals surface area contributed by atoms with Gasteiger partial charge in [-0.2, -0.15) is 0 Å². The molecule has 6 heteroatoms. The molecule has 2 heterocycles. The van der Waals surface area contributed by atoms with Gasteiger partial charge < -0.3 is 10.2 Å². The van der Waals surface area contributed by atoms with E-state index in [1.165, 1.54) is 30.6 Å². The van der Waals surface area contributed by atoms with Crippen molar-refractivity contribution in [2.24, 2.45) is 0 Å². The van der Waals surface area contributed by atoms with Crippen LogP contribution in [0.25, 0.3) is 0 Å². The van der Waals surface area contributed by atoms with Gasteiger partial charge in [0.25, 0.3) is 5.91 Å². The van der Waals surface area contributed by atoms with Crippen molar-refractivity contribution < 1.29 is 4.79 Å². The van der Waals surface area contributed by atoms with Gasteiger partial charge in [-0.05, 0) is 70.8 Å². The van der Waals surface area contributed by atoms with Crippen molar-refractivity contribution >= 4 is 49.1 Å². The number of hydrogen-bond acceptors (Lipinski definition) is 3. The van der Waals surface area contributed by atoms with E-state index < -0.39 is 0 Å². The molecule has 1 N–H and O–H groups in total. The van der Waals surface area contributed by atoms with E-state index in [-0.39, 0.29) is 11.9 Å². The van der Waals surface area contributed by atoms with E-state index in [2.05, 4.69) is 49.0 Å². The zero-order valence-corrected chi connectivity index (χ0v) is 14.9. The Labute approximate surface area is 135 Å². The standard InChI is InChI=1S/C13H18Br2N2OS/c1-9(8-17-5-3-2-4-6-17)16-13(18)11-7-10(14)12(15)19-11/h7,9H,2-6,8H2,1H3,(H,16,18). The summed E-state index contributed by atoms with van der Waals surface area (Å²) in [4.78, 5) is 15.3. The number of rotatable bonds is 4. The van der Waals surface area contributed by atoms with Crippen molar-refractivity contribution in [3.8, 4) is 0 Å².